The lowest BCUT2D eigenvalue weighted by Crippen LogP contribution is -2.22. The number of aldehydes is 1. The van der Waals surface area contributed by atoms with E-state index in [9.17, 15) is 4.79 Å². The third-order valence-electron chi connectivity index (χ3n) is 2.01. The van der Waals surface area contributed by atoms with Crippen LogP contribution in [0, 0.1) is 0 Å². The van der Waals surface area contributed by atoms with Crippen molar-refractivity contribution in [3.8, 4) is 0 Å². The predicted molar refractivity (Wildman–Crippen MR) is 41.6 cm³/mol. The summed E-state index contributed by atoms with van der Waals surface area (Å²) in [7, 11) is 0. The van der Waals surface area contributed by atoms with Gasteiger partial charge < -0.3 is 10.3 Å². The van der Waals surface area contributed by atoms with Gasteiger partial charge in [-0.25, -0.2) is 0 Å². The molecule has 0 atom stereocenters. The van der Waals surface area contributed by atoms with Crippen molar-refractivity contribution >= 4 is 6.29 Å². The molecule has 58 valence electrons. The third-order valence-corrected chi connectivity index (χ3v) is 2.01. The maximum atomic E-state index is 10.4. The summed E-state index contributed by atoms with van der Waals surface area (Å²) in [4.78, 5) is 13.4. The Hall–Kier alpha value is -1.09. The number of rotatable bonds is 1. The van der Waals surface area contributed by atoms with Crippen molar-refractivity contribution in [1.82, 2.24) is 10.3 Å². The van der Waals surface area contributed by atoms with Crippen LogP contribution in [0.1, 0.15) is 21.7 Å². The minimum absolute atomic E-state index is 0.693. The average molecular weight is 150 g/mol. The molecule has 0 fully saturated rings. The van der Waals surface area contributed by atoms with E-state index in [1.165, 1.54) is 11.3 Å². The second kappa shape index (κ2) is 2.51. The van der Waals surface area contributed by atoms with Crippen LogP contribution in [-0.4, -0.2) is 17.8 Å². The Morgan fingerprint density at radius 1 is 1.55 bits per heavy atom. The van der Waals surface area contributed by atoms with Crippen LogP contribution in [-0.2, 0) is 13.0 Å². The number of nitrogens with one attached hydrogen (secondary N) is 2. The Morgan fingerprint density at radius 3 is 3.18 bits per heavy atom. The first-order valence-electron chi connectivity index (χ1n) is 3.77. The average Bonchev–Trinajstić information content (AvgIpc) is 2.46. The van der Waals surface area contributed by atoms with Gasteiger partial charge in [0, 0.05) is 12.2 Å². The highest BCUT2D eigenvalue weighted by Crippen LogP contribution is 2.13. The molecule has 1 aromatic heterocycles. The van der Waals surface area contributed by atoms with Crippen LogP contribution in [0.5, 0.6) is 0 Å². The van der Waals surface area contributed by atoms with Crippen LogP contribution >= 0.6 is 0 Å². The molecule has 1 aliphatic heterocycles. The number of carbonyl (C=O) groups excluding carboxylic acids is 1. The Labute approximate surface area is 64.8 Å². The van der Waals surface area contributed by atoms with E-state index in [1.54, 1.807) is 0 Å². The van der Waals surface area contributed by atoms with Gasteiger partial charge in [-0.15, -0.1) is 0 Å². The van der Waals surface area contributed by atoms with Crippen molar-refractivity contribution in [2.45, 2.75) is 13.0 Å². The standard InChI is InChI=1S/C8H10N2O/c11-5-7-3-6-1-2-9-4-8(6)10-7/h3,5,9-10H,1-2,4H2. The molecule has 0 amide bonds. The van der Waals surface area contributed by atoms with Crippen LogP contribution in [0.4, 0.5) is 0 Å². The third kappa shape index (κ3) is 1.07. The predicted octanol–water partition coefficient (Wildman–Crippen LogP) is 0.473. The van der Waals surface area contributed by atoms with Gasteiger partial charge in [-0.2, -0.15) is 0 Å². The van der Waals surface area contributed by atoms with E-state index in [2.05, 4.69) is 10.3 Å². The monoisotopic (exact) mass is 150 g/mol. The molecule has 3 nitrogen and oxygen atoms in total. The molecule has 2 N–H and O–H groups in total. The summed E-state index contributed by atoms with van der Waals surface area (Å²) >= 11 is 0. The SMILES string of the molecule is O=Cc1cc2c([nH]1)CNCC2. The van der Waals surface area contributed by atoms with Gasteiger partial charge in [0.05, 0.1) is 5.69 Å². The van der Waals surface area contributed by atoms with Crippen molar-refractivity contribution in [1.29, 1.82) is 0 Å². The van der Waals surface area contributed by atoms with E-state index < -0.39 is 0 Å². The molecular weight excluding hydrogens is 140 g/mol. The van der Waals surface area contributed by atoms with Gasteiger partial charge in [0.1, 0.15) is 0 Å². The zero-order chi connectivity index (χ0) is 7.68. The van der Waals surface area contributed by atoms with E-state index >= 15 is 0 Å². The highest BCUT2D eigenvalue weighted by Gasteiger charge is 2.10. The highest BCUT2D eigenvalue weighted by molar-refractivity contribution is 5.72. The first-order chi connectivity index (χ1) is 5.40. The van der Waals surface area contributed by atoms with Crippen LogP contribution in [0.25, 0.3) is 0 Å². The van der Waals surface area contributed by atoms with E-state index in [0.29, 0.717) is 5.69 Å². The van der Waals surface area contributed by atoms with Crippen molar-refractivity contribution in [2.75, 3.05) is 6.54 Å². The molecule has 0 bridgehead atoms. The molecular formula is C8H10N2O. The molecule has 2 heterocycles. The molecule has 3 heteroatoms. The first kappa shape index (κ1) is 6.61. The molecule has 0 aromatic carbocycles. The van der Waals surface area contributed by atoms with Crippen molar-refractivity contribution in [2.24, 2.45) is 0 Å². The number of fused-ring (bicyclic) bond motifs is 1. The highest BCUT2D eigenvalue weighted by atomic mass is 16.1. The van der Waals surface area contributed by atoms with Gasteiger partial charge in [-0.3, -0.25) is 4.79 Å². The molecule has 0 radical (unpaired) electrons. The Kier molecular flexibility index (Phi) is 1.51. The Balaban J connectivity index is 2.39. The van der Waals surface area contributed by atoms with Gasteiger partial charge in [-0.05, 0) is 24.6 Å². The lowest BCUT2D eigenvalue weighted by Gasteiger charge is -2.11. The number of hydrogen-bond acceptors (Lipinski definition) is 2. The first-order valence-corrected chi connectivity index (χ1v) is 3.77. The largest absolute Gasteiger partial charge is 0.355 e. The fourth-order valence-electron chi connectivity index (χ4n) is 1.45. The quantitative estimate of drug-likeness (QED) is 0.572. The number of carbonyl (C=O) groups is 1. The normalized spacial score (nSPS) is 16.0. The fraction of sp³-hybridized carbons (Fsp3) is 0.375. The summed E-state index contributed by atoms with van der Waals surface area (Å²) in [6, 6.07) is 1.93. The smallest absolute Gasteiger partial charge is 0.166 e. The molecule has 0 aliphatic carbocycles. The number of aromatic nitrogens is 1. The summed E-state index contributed by atoms with van der Waals surface area (Å²) in [5.41, 5.74) is 3.14. The second-order valence-corrected chi connectivity index (χ2v) is 2.77. The summed E-state index contributed by atoms with van der Waals surface area (Å²) in [6.45, 7) is 1.88. The number of aromatic amines is 1. The van der Waals surface area contributed by atoms with E-state index in [0.717, 1.165) is 25.8 Å². The number of H-pyrrole nitrogens is 1. The van der Waals surface area contributed by atoms with E-state index in [4.69, 9.17) is 0 Å². The minimum atomic E-state index is 0.693. The number of hydrogen-bond donors (Lipinski definition) is 2. The lowest BCUT2D eigenvalue weighted by molar-refractivity contribution is 0.111. The van der Waals surface area contributed by atoms with Crippen molar-refractivity contribution in [3.05, 3.63) is 23.0 Å². The lowest BCUT2D eigenvalue weighted by atomic mass is 10.1. The van der Waals surface area contributed by atoms with Crippen molar-refractivity contribution in [3.63, 3.8) is 0 Å². The summed E-state index contributed by atoms with van der Waals surface area (Å²) in [5, 5.41) is 3.23. The van der Waals surface area contributed by atoms with Gasteiger partial charge in [0.2, 0.25) is 0 Å². The molecule has 11 heavy (non-hydrogen) atoms. The minimum Gasteiger partial charge on any atom is -0.355 e. The summed E-state index contributed by atoms with van der Waals surface area (Å²) < 4.78 is 0. The Bertz CT molecular complexity index is 254. The van der Waals surface area contributed by atoms with Crippen molar-refractivity contribution < 1.29 is 4.79 Å². The fourth-order valence-corrected chi connectivity index (χ4v) is 1.45. The van der Waals surface area contributed by atoms with Gasteiger partial charge >= 0.3 is 0 Å². The maximum absolute atomic E-state index is 10.4. The van der Waals surface area contributed by atoms with Gasteiger partial charge in [-0.1, -0.05) is 0 Å². The maximum Gasteiger partial charge on any atom is 0.166 e. The van der Waals surface area contributed by atoms with Crippen LogP contribution < -0.4 is 5.32 Å². The molecule has 1 aromatic rings. The molecule has 1 aliphatic rings. The Morgan fingerprint density at radius 2 is 2.45 bits per heavy atom. The van der Waals surface area contributed by atoms with E-state index in [1.807, 2.05) is 6.07 Å². The van der Waals surface area contributed by atoms with Crippen LogP contribution in [0.15, 0.2) is 6.07 Å². The molecule has 0 saturated carbocycles. The zero-order valence-corrected chi connectivity index (χ0v) is 6.18. The van der Waals surface area contributed by atoms with Crippen LogP contribution in [0.3, 0.4) is 0 Å². The summed E-state index contributed by atoms with van der Waals surface area (Å²) in [5.74, 6) is 0. The molecule has 2 rings (SSSR count). The summed E-state index contributed by atoms with van der Waals surface area (Å²) in [6.07, 6.45) is 1.89. The van der Waals surface area contributed by atoms with Gasteiger partial charge in [0.15, 0.2) is 6.29 Å². The van der Waals surface area contributed by atoms with Gasteiger partial charge in [0.25, 0.3) is 0 Å². The van der Waals surface area contributed by atoms with Crippen LogP contribution in [0.2, 0.25) is 0 Å². The second-order valence-electron chi connectivity index (χ2n) is 2.77. The van der Waals surface area contributed by atoms with E-state index in [-0.39, 0.29) is 0 Å². The molecule has 0 spiro atoms. The topological polar surface area (TPSA) is 44.9 Å². The molecule has 0 unspecified atom stereocenters. The zero-order valence-electron chi connectivity index (χ0n) is 6.18. The molecule has 0 saturated heterocycles.